The predicted molar refractivity (Wildman–Crippen MR) is 66.9 cm³/mol. The van der Waals surface area contributed by atoms with Crippen LogP contribution in [0.3, 0.4) is 0 Å². The Labute approximate surface area is 123 Å². The van der Waals surface area contributed by atoms with Crippen LogP contribution in [0.1, 0.15) is 0 Å². The van der Waals surface area contributed by atoms with Gasteiger partial charge in [-0.3, -0.25) is 4.79 Å². The van der Waals surface area contributed by atoms with Crippen LogP contribution in [0, 0.1) is 61.2 Å². The molecule has 0 spiro atoms. The number of hydrogen-bond donors (Lipinski definition) is 0. The number of ether oxygens (including phenoxy) is 1. The van der Waals surface area contributed by atoms with Gasteiger partial charge in [-0.1, -0.05) is 22.6 Å². The second-order valence-electron chi connectivity index (χ2n) is 2.74. The minimum absolute atomic E-state index is 0. The summed E-state index contributed by atoms with van der Waals surface area (Å²) in [5.41, 5.74) is 0. The fourth-order valence-corrected chi connectivity index (χ4v) is 1.60. The maximum atomic E-state index is 10.9. The Bertz CT molecular complexity index is 188. The Balaban J connectivity index is 0.000000318. The summed E-state index contributed by atoms with van der Waals surface area (Å²) in [4.78, 5) is 10.9. The summed E-state index contributed by atoms with van der Waals surface area (Å²) in [6.07, 6.45) is 15.4. The van der Waals surface area contributed by atoms with Crippen molar-refractivity contribution >= 4 is 28.6 Å². The molecular weight excluding hydrogens is 359 g/mol. The van der Waals surface area contributed by atoms with E-state index >= 15 is 0 Å². The van der Waals surface area contributed by atoms with E-state index in [0.29, 0.717) is 5.92 Å². The standard InChI is InChI=1S/C7H6IO2.C5H5.Fe/c1-10-7(9)5-3-2-4-6(5)8;1-2-4-5-3-1;/h2-4H,1H3;1-5H;. The molecule has 2 aliphatic rings. The molecule has 86 valence electrons. The monoisotopic (exact) mass is 370 g/mol. The minimum Gasteiger partial charge on any atom is -0.469 e. The van der Waals surface area contributed by atoms with E-state index in [1.807, 2.05) is 44.9 Å². The quantitative estimate of drug-likeness (QED) is 0.403. The van der Waals surface area contributed by atoms with Gasteiger partial charge in [-0.2, -0.15) is 0 Å². The average molecular weight is 370 g/mol. The second-order valence-corrected chi connectivity index (χ2v) is 3.90. The topological polar surface area (TPSA) is 26.3 Å². The van der Waals surface area contributed by atoms with Crippen LogP contribution in [0.5, 0.6) is 0 Å². The summed E-state index contributed by atoms with van der Waals surface area (Å²) in [7, 11) is 1.38. The average Bonchev–Trinajstić information content (AvgIpc) is 2.89. The third kappa shape index (κ3) is 5.87. The number of rotatable bonds is 1. The van der Waals surface area contributed by atoms with Gasteiger partial charge in [0.25, 0.3) is 0 Å². The van der Waals surface area contributed by atoms with Crippen molar-refractivity contribution in [2.75, 3.05) is 7.11 Å². The van der Waals surface area contributed by atoms with Crippen LogP contribution in [0.2, 0.25) is 0 Å². The first-order chi connectivity index (χ1) is 7.25. The molecule has 0 aromatic heterocycles. The molecule has 0 unspecified atom stereocenters. The van der Waals surface area contributed by atoms with Crippen molar-refractivity contribution in [3.8, 4) is 0 Å². The number of carbonyl (C=O) groups excluding carboxylic acids is 1. The van der Waals surface area contributed by atoms with Gasteiger partial charge in [0, 0.05) is 17.1 Å². The van der Waals surface area contributed by atoms with Crippen molar-refractivity contribution in [3.63, 3.8) is 0 Å². The molecule has 0 heterocycles. The van der Waals surface area contributed by atoms with Gasteiger partial charge in [0.2, 0.25) is 0 Å². The Morgan fingerprint density at radius 3 is 1.88 bits per heavy atom. The zero-order chi connectivity index (χ0) is 11.1. The van der Waals surface area contributed by atoms with Gasteiger partial charge in [0.1, 0.15) is 5.92 Å². The number of carbonyl (C=O) groups is 1. The zero-order valence-electron chi connectivity index (χ0n) is 8.67. The fourth-order valence-electron chi connectivity index (χ4n) is 0.994. The molecule has 2 fully saturated rings. The van der Waals surface area contributed by atoms with E-state index in [9.17, 15) is 4.79 Å². The zero-order valence-corrected chi connectivity index (χ0v) is 11.9. The Morgan fingerprint density at radius 1 is 1.06 bits per heavy atom. The van der Waals surface area contributed by atoms with Gasteiger partial charge in [-0.05, 0) is 51.4 Å². The van der Waals surface area contributed by atoms with E-state index in [4.69, 9.17) is 0 Å². The first-order valence-electron chi connectivity index (χ1n) is 4.42. The molecule has 0 aliphatic heterocycles. The normalized spacial score (nSPS) is 20.9. The molecule has 2 saturated carbocycles. The van der Waals surface area contributed by atoms with E-state index in [2.05, 4.69) is 27.3 Å². The third-order valence-electron chi connectivity index (χ3n) is 1.72. The number of halogens is 1. The molecule has 2 nitrogen and oxygen atoms in total. The Kier molecular flexibility index (Phi) is 10.2. The van der Waals surface area contributed by atoms with Gasteiger partial charge in [0.15, 0.2) is 0 Å². The molecule has 2 aliphatic carbocycles. The minimum atomic E-state index is -0.269. The van der Waals surface area contributed by atoms with Crippen molar-refractivity contribution < 1.29 is 26.6 Å². The maximum Gasteiger partial charge on any atom is 0.314 e. The number of esters is 1. The smallest absolute Gasteiger partial charge is 0.314 e. The molecule has 16 heavy (non-hydrogen) atoms. The number of hydrogen-bond acceptors (Lipinski definition) is 2. The van der Waals surface area contributed by atoms with Crippen molar-refractivity contribution in [1.82, 2.24) is 0 Å². The molecule has 0 bridgehead atoms. The molecule has 0 amide bonds. The van der Waals surface area contributed by atoms with Gasteiger partial charge < -0.3 is 4.74 Å². The predicted octanol–water partition coefficient (Wildman–Crippen LogP) is 2.35. The third-order valence-corrected chi connectivity index (χ3v) is 2.66. The number of methoxy groups -OCH3 is 1. The van der Waals surface area contributed by atoms with Crippen LogP contribution in [-0.2, 0) is 26.6 Å². The van der Waals surface area contributed by atoms with Gasteiger partial charge in [-0.25, -0.2) is 0 Å². The van der Waals surface area contributed by atoms with Crippen LogP contribution in [0.4, 0.5) is 0 Å². The van der Waals surface area contributed by atoms with Crippen molar-refractivity contribution in [1.29, 1.82) is 0 Å². The van der Waals surface area contributed by atoms with Gasteiger partial charge in [-0.15, -0.1) is 0 Å². The Hall–Kier alpha value is 0.719. The van der Waals surface area contributed by atoms with Crippen molar-refractivity contribution in [2.24, 2.45) is 0 Å². The van der Waals surface area contributed by atoms with Crippen LogP contribution < -0.4 is 0 Å². The SMILES string of the molecule is COC(=O)[C]1[CH][CH][CH][C]1I.[CH]1[CH][CH][CH][CH]1.[Fe]. The summed E-state index contributed by atoms with van der Waals surface area (Å²) in [6, 6.07) is 0. The van der Waals surface area contributed by atoms with Crippen LogP contribution in [-0.4, -0.2) is 13.1 Å². The summed E-state index contributed by atoms with van der Waals surface area (Å²) in [5.74, 6) is 0.373. The molecule has 0 N–H and O–H groups in total. The van der Waals surface area contributed by atoms with Crippen molar-refractivity contribution in [2.45, 2.75) is 0 Å². The summed E-state index contributed by atoms with van der Waals surface area (Å²) < 4.78 is 5.47. The van der Waals surface area contributed by atoms with Crippen LogP contribution in [0.15, 0.2) is 0 Å². The first-order valence-corrected chi connectivity index (χ1v) is 5.49. The molecule has 10 radical (unpaired) electrons. The van der Waals surface area contributed by atoms with Crippen LogP contribution in [0.25, 0.3) is 0 Å². The van der Waals surface area contributed by atoms with Gasteiger partial charge >= 0.3 is 5.97 Å². The van der Waals surface area contributed by atoms with Gasteiger partial charge in [0.05, 0.1) is 11.0 Å². The molecule has 0 aromatic rings. The summed E-state index contributed by atoms with van der Waals surface area (Å²) in [5, 5.41) is 0. The molecular formula is C12H11FeIO2. The van der Waals surface area contributed by atoms with E-state index < -0.39 is 0 Å². The second kappa shape index (κ2) is 9.72. The van der Waals surface area contributed by atoms with Crippen molar-refractivity contribution in [3.05, 3.63) is 61.2 Å². The first kappa shape index (κ1) is 16.7. The maximum absolute atomic E-state index is 10.9. The molecule has 0 saturated heterocycles. The van der Waals surface area contributed by atoms with Crippen LogP contribution >= 0.6 is 22.6 Å². The fraction of sp³-hybridized carbons (Fsp3) is 0.0833. The van der Waals surface area contributed by atoms with E-state index in [0.717, 1.165) is 3.92 Å². The molecule has 0 aromatic carbocycles. The summed E-state index contributed by atoms with van der Waals surface area (Å²) >= 11 is 2.09. The van der Waals surface area contributed by atoms with E-state index in [1.54, 1.807) is 6.42 Å². The summed E-state index contributed by atoms with van der Waals surface area (Å²) in [6.45, 7) is 0. The molecule has 2 rings (SSSR count). The largest absolute Gasteiger partial charge is 0.469 e. The molecule has 4 heteroatoms. The molecule has 0 atom stereocenters. The Morgan fingerprint density at radius 2 is 1.56 bits per heavy atom. The van der Waals surface area contributed by atoms with E-state index in [-0.39, 0.29) is 23.0 Å². The van der Waals surface area contributed by atoms with E-state index in [1.165, 1.54) is 7.11 Å².